The number of morpholine rings is 1. The summed E-state index contributed by atoms with van der Waals surface area (Å²) >= 11 is 0. The summed E-state index contributed by atoms with van der Waals surface area (Å²) in [4.78, 5) is 31.4. The number of nitrogens with zero attached hydrogens (tertiary/aromatic N) is 3. The van der Waals surface area contributed by atoms with Crippen LogP contribution in [0, 0.1) is 0 Å². The van der Waals surface area contributed by atoms with Crippen LogP contribution in [0.5, 0.6) is 23.0 Å². The van der Waals surface area contributed by atoms with Gasteiger partial charge in [-0.3, -0.25) is 14.5 Å². The topological polar surface area (TPSA) is 90.0 Å². The van der Waals surface area contributed by atoms with E-state index in [-0.39, 0.29) is 25.2 Å². The minimum Gasteiger partial charge on any atom is -0.493 e. The van der Waals surface area contributed by atoms with Crippen LogP contribution in [-0.4, -0.2) is 99.5 Å². The van der Waals surface area contributed by atoms with Gasteiger partial charge in [0, 0.05) is 51.4 Å². The van der Waals surface area contributed by atoms with Crippen molar-refractivity contribution < 1.29 is 33.3 Å². The summed E-state index contributed by atoms with van der Waals surface area (Å²) in [7, 11) is 1.52. The number of piperazine rings is 1. The summed E-state index contributed by atoms with van der Waals surface area (Å²) in [5.74, 6) is 2.28. The van der Waals surface area contributed by atoms with E-state index in [1.165, 1.54) is 7.11 Å². The first-order valence-corrected chi connectivity index (χ1v) is 12.2. The monoisotopic (exact) mass is 497 g/mol. The van der Waals surface area contributed by atoms with Crippen LogP contribution in [0.3, 0.4) is 0 Å². The average molecular weight is 498 g/mol. The number of amides is 2. The fourth-order valence-electron chi connectivity index (χ4n) is 4.55. The maximum absolute atomic E-state index is 13.2. The number of benzene rings is 2. The molecule has 36 heavy (non-hydrogen) atoms. The number of methoxy groups -OCH3 is 1. The molecule has 5 rings (SSSR count). The van der Waals surface area contributed by atoms with Crippen LogP contribution in [0.1, 0.15) is 15.9 Å². The first-order chi connectivity index (χ1) is 17.6. The Bertz CT molecular complexity index is 1090. The Morgan fingerprint density at radius 1 is 0.861 bits per heavy atom. The second kappa shape index (κ2) is 11.0. The van der Waals surface area contributed by atoms with E-state index in [2.05, 4.69) is 11.0 Å². The standard InChI is InChI=1S/C26H31N3O7/c1-32-23-15-20(3-5-21(23)34-17-25(30)28-10-12-33-13-11-28)26(31)29-8-6-27(7-9-29)16-19-2-4-22-24(14-19)36-18-35-22/h2-5,14-15H,6-13,16-18H2,1H3. The zero-order valence-electron chi connectivity index (χ0n) is 20.4. The lowest BCUT2D eigenvalue weighted by atomic mass is 10.1. The van der Waals surface area contributed by atoms with Gasteiger partial charge < -0.3 is 33.5 Å². The number of hydrogen-bond donors (Lipinski definition) is 0. The Labute approximate surface area is 210 Å². The zero-order valence-corrected chi connectivity index (χ0v) is 20.4. The quantitative estimate of drug-likeness (QED) is 0.570. The van der Waals surface area contributed by atoms with Gasteiger partial charge in [0.25, 0.3) is 11.8 Å². The van der Waals surface area contributed by atoms with Crippen LogP contribution in [0.4, 0.5) is 0 Å². The molecule has 10 heteroatoms. The molecule has 3 aliphatic heterocycles. The van der Waals surface area contributed by atoms with Crippen molar-refractivity contribution in [3.8, 4) is 23.0 Å². The minimum atomic E-state index is -0.0980. The molecule has 0 saturated carbocycles. The van der Waals surface area contributed by atoms with Gasteiger partial charge in [-0.15, -0.1) is 0 Å². The summed E-state index contributed by atoms with van der Waals surface area (Å²) in [6, 6.07) is 11.1. The first kappa shape index (κ1) is 24.2. The highest BCUT2D eigenvalue weighted by Crippen LogP contribution is 2.33. The van der Waals surface area contributed by atoms with Crippen LogP contribution in [0.15, 0.2) is 36.4 Å². The molecule has 3 aliphatic rings. The van der Waals surface area contributed by atoms with E-state index < -0.39 is 0 Å². The lowest BCUT2D eigenvalue weighted by Crippen LogP contribution is -2.48. The maximum Gasteiger partial charge on any atom is 0.260 e. The normalized spacial score (nSPS) is 17.7. The molecular formula is C26H31N3O7. The van der Waals surface area contributed by atoms with E-state index in [0.29, 0.717) is 56.5 Å². The van der Waals surface area contributed by atoms with E-state index in [1.807, 2.05) is 17.0 Å². The Morgan fingerprint density at radius 3 is 2.42 bits per heavy atom. The van der Waals surface area contributed by atoms with Gasteiger partial charge in [0.1, 0.15) is 0 Å². The largest absolute Gasteiger partial charge is 0.493 e. The fourth-order valence-corrected chi connectivity index (χ4v) is 4.55. The molecule has 3 heterocycles. The predicted octanol–water partition coefficient (Wildman–Crippen LogP) is 1.62. The summed E-state index contributed by atoms with van der Waals surface area (Å²) < 4.78 is 27.3. The highest BCUT2D eigenvalue weighted by Gasteiger charge is 2.24. The third-order valence-electron chi connectivity index (χ3n) is 6.63. The van der Waals surface area contributed by atoms with Crippen molar-refractivity contribution in [3.05, 3.63) is 47.5 Å². The van der Waals surface area contributed by atoms with E-state index in [0.717, 1.165) is 36.7 Å². The molecule has 0 radical (unpaired) electrons. The van der Waals surface area contributed by atoms with Gasteiger partial charge in [0.2, 0.25) is 6.79 Å². The summed E-state index contributed by atoms with van der Waals surface area (Å²) in [6.45, 7) is 6.02. The van der Waals surface area contributed by atoms with Gasteiger partial charge >= 0.3 is 0 Å². The van der Waals surface area contributed by atoms with Crippen LogP contribution < -0.4 is 18.9 Å². The smallest absolute Gasteiger partial charge is 0.260 e. The second-order valence-corrected chi connectivity index (χ2v) is 8.90. The van der Waals surface area contributed by atoms with Gasteiger partial charge in [-0.2, -0.15) is 0 Å². The predicted molar refractivity (Wildman–Crippen MR) is 130 cm³/mol. The average Bonchev–Trinajstić information content (AvgIpc) is 3.40. The van der Waals surface area contributed by atoms with Gasteiger partial charge in [-0.1, -0.05) is 6.07 Å². The van der Waals surface area contributed by atoms with Gasteiger partial charge in [-0.05, 0) is 35.9 Å². The van der Waals surface area contributed by atoms with E-state index in [1.54, 1.807) is 23.1 Å². The summed E-state index contributed by atoms with van der Waals surface area (Å²) in [5.41, 5.74) is 1.69. The molecule has 0 unspecified atom stereocenters. The Balaban J connectivity index is 1.14. The van der Waals surface area contributed by atoms with Crippen LogP contribution in [-0.2, 0) is 16.1 Å². The Kier molecular flexibility index (Phi) is 7.43. The number of ether oxygens (including phenoxy) is 5. The molecule has 0 spiro atoms. The summed E-state index contributed by atoms with van der Waals surface area (Å²) in [6.07, 6.45) is 0. The molecular weight excluding hydrogens is 466 g/mol. The number of fused-ring (bicyclic) bond motifs is 1. The van der Waals surface area contributed by atoms with E-state index >= 15 is 0 Å². The van der Waals surface area contributed by atoms with E-state index in [4.69, 9.17) is 23.7 Å². The minimum absolute atomic E-state index is 0.0491. The van der Waals surface area contributed by atoms with Crippen LogP contribution in [0.2, 0.25) is 0 Å². The molecule has 2 aromatic rings. The summed E-state index contributed by atoms with van der Waals surface area (Å²) in [5, 5.41) is 0. The van der Waals surface area contributed by atoms with Gasteiger partial charge in [0.15, 0.2) is 29.6 Å². The van der Waals surface area contributed by atoms with Gasteiger partial charge in [-0.25, -0.2) is 0 Å². The van der Waals surface area contributed by atoms with Gasteiger partial charge in [0.05, 0.1) is 20.3 Å². The molecule has 192 valence electrons. The molecule has 0 aliphatic carbocycles. The number of hydrogen-bond acceptors (Lipinski definition) is 8. The lowest BCUT2D eigenvalue weighted by molar-refractivity contribution is -0.137. The molecule has 0 atom stereocenters. The van der Waals surface area contributed by atoms with Crippen molar-refractivity contribution in [3.63, 3.8) is 0 Å². The Morgan fingerprint density at radius 2 is 1.64 bits per heavy atom. The van der Waals surface area contributed by atoms with Crippen molar-refractivity contribution in [2.75, 3.05) is 73.0 Å². The molecule has 0 N–H and O–H groups in total. The van der Waals surface area contributed by atoms with Crippen molar-refractivity contribution in [1.29, 1.82) is 0 Å². The molecule has 2 saturated heterocycles. The lowest BCUT2D eigenvalue weighted by Gasteiger charge is -2.35. The SMILES string of the molecule is COc1cc(C(=O)N2CCN(Cc3ccc4c(c3)OCO4)CC2)ccc1OCC(=O)N1CCOCC1. The number of carbonyl (C=O) groups excluding carboxylic acids is 2. The Hall–Kier alpha value is -3.50. The van der Waals surface area contributed by atoms with Crippen molar-refractivity contribution in [1.82, 2.24) is 14.7 Å². The van der Waals surface area contributed by atoms with Crippen molar-refractivity contribution in [2.24, 2.45) is 0 Å². The zero-order chi connectivity index (χ0) is 24.9. The fraction of sp³-hybridized carbons (Fsp3) is 0.462. The number of rotatable bonds is 7. The molecule has 2 amide bonds. The van der Waals surface area contributed by atoms with Crippen LogP contribution in [0.25, 0.3) is 0 Å². The molecule has 10 nitrogen and oxygen atoms in total. The van der Waals surface area contributed by atoms with Crippen LogP contribution >= 0.6 is 0 Å². The molecule has 0 aromatic heterocycles. The third-order valence-corrected chi connectivity index (χ3v) is 6.63. The molecule has 0 bridgehead atoms. The van der Waals surface area contributed by atoms with Crippen molar-refractivity contribution in [2.45, 2.75) is 6.54 Å². The highest BCUT2D eigenvalue weighted by atomic mass is 16.7. The maximum atomic E-state index is 13.2. The number of carbonyl (C=O) groups is 2. The van der Waals surface area contributed by atoms with Crippen molar-refractivity contribution >= 4 is 11.8 Å². The second-order valence-electron chi connectivity index (χ2n) is 8.90. The highest BCUT2D eigenvalue weighted by molar-refractivity contribution is 5.95. The molecule has 2 fully saturated rings. The molecule has 2 aromatic carbocycles. The first-order valence-electron chi connectivity index (χ1n) is 12.2. The van der Waals surface area contributed by atoms with E-state index in [9.17, 15) is 9.59 Å². The third kappa shape index (κ3) is 5.50.